The fourth-order valence-electron chi connectivity index (χ4n) is 11.4. The number of nitrogens with two attached hydrogens (primary N) is 1. The van der Waals surface area contributed by atoms with Crippen molar-refractivity contribution >= 4 is 17.9 Å². The normalized spacial score (nSPS) is 26.0. The second kappa shape index (κ2) is 22.6. The van der Waals surface area contributed by atoms with Gasteiger partial charge in [-0.1, -0.05) is 71.9 Å². The van der Waals surface area contributed by atoms with Crippen LogP contribution in [0.3, 0.4) is 0 Å². The molecule has 394 valence electrons. The van der Waals surface area contributed by atoms with Crippen molar-refractivity contribution in [2.75, 3.05) is 52.6 Å². The fourth-order valence-corrected chi connectivity index (χ4v) is 11.4. The molecule has 0 spiro atoms. The first-order valence-corrected chi connectivity index (χ1v) is 25.5. The van der Waals surface area contributed by atoms with Crippen LogP contribution < -0.4 is 20.5 Å². The molecule has 6 heterocycles. The first-order valence-electron chi connectivity index (χ1n) is 25.5. The molecule has 6 aliphatic heterocycles. The molecular formula is C54H72F4N6O8. The quantitative estimate of drug-likeness (QED) is 0.190. The molecule has 3 aromatic rings. The standard InChI is InChI=1S/C31H39F2N3O5.C23H33F2N3O3/c1-31(2,3)28(34-30(38)40-19-20-7-5-4-6-8-20)29(37)35-14-11-25-27(35)26(18-36(25)21-12-15-39-16-13-21)41-22-9-10-23(32)24(33)17-22;1-23(2,3)21(26)22(29)27-9-6-18-20(27)19(13-28(18)14-7-10-30-11-8-14)31-15-4-5-16(24)17(25)12-15/h4-10,17,21,25-28H,11-16,18-19H2,1-3H3,(H,34,38);4-5,12,14,18-21H,6-11,13,26H2,1-3H3/t25-,26+,27+,28-;18-,19+,20+,21-/m11/s1. The van der Waals surface area contributed by atoms with Crippen molar-refractivity contribution in [3.63, 3.8) is 0 Å². The lowest BCUT2D eigenvalue weighted by atomic mass is 9.85. The van der Waals surface area contributed by atoms with Gasteiger partial charge in [0.15, 0.2) is 23.3 Å². The Morgan fingerprint density at radius 1 is 0.639 bits per heavy atom. The largest absolute Gasteiger partial charge is 0.487 e. The van der Waals surface area contributed by atoms with Gasteiger partial charge in [0.25, 0.3) is 0 Å². The van der Waals surface area contributed by atoms with E-state index in [2.05, 4.69) is 15.1 Å². The summed E-state index contributed by atoms with van der Waals surface area (Å²) in [5, 5.41) is 2.82. The van der Waals surface area contributed by atoms with Crippen molar-refractivity contribution < 1.29 is 55.6 Å². The van der Waals surface area contributed by atoms with E-state index in [1.54, 1.807) is 0 Å². The summed E-state index contributed by atoms with van der Waals surface area (Å²) in [6, 6.07) is 15.3. The smallest absolute Gasteiger partial charge is 0.408 e. The van der Waals surface area contributed by atoms with E-state index in [1.165, 1.54) is 12.1 Å². The summed E-state index contributed by atoms with van der Waals surface area (Å²) in [5.41, 5.74) is 6.21. The van der Waals surface area contributed by atoms with Crippen molar-refractivity contribution in [2.45, 2.75) is 147 Å². The van der Waals surface area contributed by atoms with Crippen LogP contribution in [0.4, 0.5) is 22.4 Å². The van der Waals surface area contributed by atoms with Gasteiger partial charge >= 0.3 is 6.09 Å². The number of alkyl carbamates (subject to hydrolysis) is 1. The minimum Gasteiger partial charge on any atom is -0.487 e. The third-order valence-corrected chi connectivity index (χ3v) is 15.3. The molecule has 0 aliphatic carbocycles. The Morgan fingerprint density at radius 3 is 1.53 bits per heavy atom. The highest BCUT2D eigenvalue weighted by Crippen LogP contribution is 2.40. The van der Waals surface area contributed by atoms with Crippen LogP contribution in [0, 0.1) is 34.1 Å². The van der Waals surface area contributed by atoms with Gasteiger partial charge in [-0.3, -0.25) is 19.4 Å². The lowest BCUT2D eigenvalue weighted by Gasteiger charge is -2.37. The maximum Gasteiger partial charge on any atom is 0.408 e. The summed E-state index contributed by atoms with van der Waals surface area (Å²) in [6.45, 7) is 16.8. The molecular weight excluding hydrogens is 937 g/mol. The first-order chi connectivity index (χ1) is 34.3. The monoisotopic (exact) mass is 1010 g/mol. The van der Waals surface area contributed by atoms with E-state index in [-0.39, 0.29) is 71.6 Å². The van der Waals surface area contributed by atoms with Crippen LogP contribution in [0.1, 0.15) is 85.6 Å². The summed E-state index contributed by atoms with van der Waals surface area (Å²) in [7, 11) is 0. The van der Waals surface area contributed by atoms with Gasteiger partial charge in [-0.2, -0.15) is 0 Å². The second-order valence-electron chi connectivity index (χ2n) is 22.2. The van der Waals surface area contributed by atoms with E-state index >= 15 is 0 Å². The molecule has 6 fully saturated rings. The molecule has 3 aromatic carbocycles. The van der Waals surface area contributed by atoms with E-state index in [9.17, 15) is 31.9 Å². The van der Waals surface area contributed by atoms with Crippen molar-refractivity contribution in [3.8, 4) is 11.5 Å². The number of fused-ring (bicyclic) bond motifs is 2. The average Bonchev–Trinajstić information content (AvgIpc) is 4.15. The van der Waals surface area contributed by atoms with Gasteiger partial charge in [-0.15, -0.1) is 0 Å². The van der Waals surface area contributed by atoms with Gasteiger partial charge in [0.2, 0.25) is 11.8 Å². The van der Waals surface area contributed by atoms with Gasteiger partial charge < -0.3 is 44.5 Å². The molecule has 72 heavy (non-hydrogen) atoms. The lowest BCUT2D eigenvalue weighted by Crippen LogP contribution is -2.58. The number of carbonyl (C=O) groups excluding carboxylic acids is 3. The van der Waals surface area contributed by atoms with Crippen molar-refractivity contribution in [1.29, 1.82) is 0 Å². The highest BCUT2D eigenvalue weighted by molar-refractivity contribution is 5.87. The van der Waals surface area contributed by atoms with Crippen LogP contribution in [-0.4, -0.2) is 151 Å². The minimum atomic E-state index is -0.983. The predicted octanol–water partition coefficient (Wildman–Crippen LogP) is 7.07. The summed E-state index contributed by atoms with van der Waals surface area (Å²) in [5.74, 6) is -3.57. The van der Waals surface area contributed by atoms with Gasteiger partial charge in [0, 0.05) is 88.9 Å². The number of nitrogens with one attached hydrogen (secondary N) is 1. The van der Waals surface area contributed by atoms with Crippen LogP contribution in [0.5, 0.6) is 11.5 Å². The topological polar surface area (TPSA) is 148 Å². The molecule has 9 rings (SSSR count). The van der Waals surface area contributed by atoms with Crippen LogP contribution in [-0.2, 0) is 30.4 Å². The van der Waals surface area contributed by atoms with Crippen LogP contribution in [0.15, 0.2) is 66.7 Å². The molecule has 0 unspecified atom stereocenters. The van der Waals surface area contributed by atoms with Crippen LogP contribution >= 0.6 is 0 Å². The SMILES string of the molecule is CC(C)(C)[C@H](N)C(=O)N1CC[C@@H]2[C@H]1[C@@H](Oc1ccc(F)c(F)c1)CN2C1CCOCC1.CC(C)(C)[C@H](NC(=O)OCc1ccccc1)C(=O)N1CC[C@@H]2[C@H]1[C@@H](Oc1ccc(F)c(F)c1)CN2C1CCOCC1. The summed E-state index contributed by atoms with van der Waals surface area (Å²) >= 11 is 0. The second-order valence-corrected chi connectivity index (χ2v) is 22.2. The van der Waals surface area contributed by atoms with E-state index in [1.807, 2.05) is 81.7 Å². The van der Waals surface area contributed by atoms with E-state index in [0.717, 1.165) is 81.6 Å². The zero-order valence-electron chi connectivity index (χ0n) is 42.4. The van der Waals surface area contributed by atoms with Crippen molar-refractivity contribution in [2.24, 2.45) is 16.6 Å². The fraction of sp³-hybridized carbons (Fsp3) is 0.611. The third-order valence-electron chi connectivity index (χ3n) is 15.3. The number of hydrogen-bond donors (Lipinski definition) is 2. The lowest BCUT2D eigenvalue weighted by molar-refractivity contribution is -0.138. The molecule has 3 N–H and O–H groups in total. The summed E-state index contributed by atoms with van der Waals surface area (Å²) < 4.78 is 83.8. The number of hydrogen-bond acceptors (Lipinski definition) is 11. The Balaban J connectivity index is 0.000000200. The maximum atomic E-state index is 14.2. The molecule has 6 aliphatic rings. The van der Waals surface area contributed by atoms with Gasteiger partial charge in [-0.25, -0.2) is 22.4 Å². The molecule has 0 radical (unpaired) electrons. The Bertz CT molecular complexity index is 2340. The van der Waals surface area contributed by atoms with Crippen LogP contribution in [0.2, 0.25) is 0 Å². The van der Waals surface area contributed by atoms with Gasteiger partial charge in [-0.05, 0) is 79.2 Å². The predicted molar refractivity (Wildman–Crippen MR) is 261 cm³/mol. The highest BCUT2D eigenvalue weighted by Gasteiger charge is 2.56. The Hall–Kier alpha value is -5.01. The molecule has 0 aromatic heterocycles. The summed E-state index contributed by atoms with van der Waals surface area (Å²) in [6.07, 6.45) is 3.79. The van der Waals surface area contributed by atoms with Crippen LogP contribution in [0.25, 0.3) is 0 Å². The number of halogens is 4. The van der Waals surface area contributed by atoms with Crippen molar-refractivity contribution in [1.82, 2.24) is 24.9 Å². The van der Waals surface area contributed by atoms with Gasteiger partial charge in [0.05, 0.1) is 18.1 Å². The Labute approximate surface area is 420 Å². The Morgan fingerprint density at radius 2 is 1.10 bits per heavy atom. The number of nitrogens with zero attached hydrogens (tertiary/aromatic N) is 4. The van der Waals surface area contributed by atoms with E-state index in [4.69, 9.17) is 29.4 Å². The summed E-state index contributed by atoms with van der Waals surface area (Å²) in [4.78, 5) is 48.8. The molecule has 3 amide bonds. The number of carbonyl (C=O) groups is 3. The molecule has 8 atom stereocenters. The number of likely N-dealkylation sites (tertiary alicyclic amines) is 4. The van der Waals surface area contributed by atoms with E-state index < -0.39 is 53.0 Å². The average molecular weight is 1010 g/mol. The van der Waals surface area contributed by atoms with Crippen molar-refractivity contribution in [3.05, 3.63) is 95.6 Å². The highest BCUT2D eigenvalue weighted by atomic mass is 19.2. The minimum absolute atomic E-state index is 0.0444. The zero-order valence-corrected chi connectivity index (χ0v) is 42.4. The maximum absolute atomic E-state index is 14.2. The number of rotatable bonds is 11. The molecule has 6 saturated heterocycles. The Kier molecular flexibility index (Phi) is 16.7. The molecule has 18 heteroatoms. The first kappa shape index (κ1) is 53.3. The molecule has 0 saturated carbocycles. The number of ether oxygens (including phenoxy) is 5. The number of benzene rings is 3. The number of amides is 3. The van der Waals surface area contributed by atoms with Gasteiger partial charge in [0.1, 0.15) is 36.4 Å². The molecule has 14 nitrogen and oxygen atoms in total. The zero-order chi connectivity index (χ0) is 51.5. The van der Waals surface area contributed by atoms with E-state index in [0.29, 0.717) is 45.4 Å². The molecule has 0 bridgehead atoms. The third kappa shape index (κ3) is 12.2.